The van der Waals surface area contributed by atoms with Gasteiger partial charge in [-0.25, -0.2) is 0 Å². The van der Waals surface area contributed by atoms with Crippen molar-refractivity contribution < 1.29 is 9.53 Å². The molecule has 0 saturated carbocycles. The first-order valence-corrected chi connectivity index (χ1v) is 5.83. The third-order valence-corrected chi connectivity index (χ3v) is 2.47. The number of methoxy groups -OCH3 is 1. The third-order valence-electron chi connectivity index (χ3n) is 2.47. The van der Waals surface area contributed by atoms with E-state index in [9.17, 15) is 4.79 Å². The average Bonchev–Trinajstić information content (AvgIpc) is 2.35. The first kappa shape index (κ1) is 13.7. The van der Waals surface area contributed by atoms with E-state index in [1.54, 1.807) is 7.11 Å². The van der Waals surface area contributed by atoms with Crippen molar-refractivity contribution in [3.63, 3.8) is 0 Å². The molecule has 0 spiro atoms. The molecule has 0 saturated heterocycles. The van der Waals surface area contributed by atoms with Crippen molar-refractivity contribution in [3.8, 4) is 0 Å². The number of para-hydroxylation sites is 1. The zero-order valence-electron chi connectivity index (χ0n) is 10.4. The lowest BCUT2D eigenvalue weighted by Gasteiger charge is -2.15. The first-order chi connectivity index (χ1) is 8.26. The van der Waals surface area contributed by atoms with Crippen molar-refractivity contribution in [2.75, 3.05) is 25.6 Å². The number of hydrogen-bond donors (Lipinski definition) is 2. The van der Waals surface area contributed by atoms with E-state index in [0.717, 1.165) is 12.1 Å². The van der Waals surface area contributed by atoms with Gasteiger partial charge in [0.1, 0.15) is 0 Å². The van der Waals surface area contributed by atoms with Crippen LogP contribution < -0.4 is 10.6 Å². The highest BCUT2D eigenvalue weighted by molar-refractivity contribution is 5.92. The van der Waals surface area contributed by atoms with Crippen LogP contribution in [0.4, 0.5) is 5.69 Å². The van der Waals surface area contributed by atoms with Gasteiger partial charge in [-0.3, -0.25) is 4.79 Å². The molecule has 0 heterocycles. The fourth-order valence-electron chi connectivity index (χ4n) is 1.49. The Morgan fingerprint density at radius 1 is 1.35 bits per heavy atom. The maximum Gasteiger partial charge on any atom is 0.238 e. The van der Waals surface area contributed by atoms with Crippen LogP contribution in [0, 0.1) is 0 Å². The summed E-state index contributed by atoms with van der Waals surface area (Å²) in [6.45, 7) is 2.98. The molecule has 1 unspecified atom stereocenters. The minimum atomic E-state index is -0.0363. The summed E-state index contributed by atoms with van der Waals surface area (Å²) in [5.74, 6) is -0.0363. The number of rotatable bonds is 7. The molecule has 0 radical (unpaired) electrons. The second-order valence-corrected chi connectivity index (χ2v) is 3.86. The quantitative estimate of drug-likeness (QED) is 0.756. The van der Waals surface area contributed by atoms with Gasteiger partial charge in [0.25, 0.3) is 0 Å². The predicted molar refractivity (Wildman–Crippen MR) is 69.0 cm³/mol. The van der Waals surface area contributed by atoms with Crippen LogP contribution >= 0.6 is 0 Å². The second kappa shape index (κ2) is 7.81. The molecular formula is C13H20N2O2. The number of carbonyl (C=O) groups excluding carboxylic acids is 1. The highest BCUT2D eigenvalue weighted by atomic mass is 16.5. The van der Waals surface area contributed by atoms with E-state index in [-0.39, 0.29) is 11.9 Å². The fourth-order valence-corrected chi connectivity index (χ4v) is 1.49. The summed E-state index contributed by atoms with van der Waals surface area (Å²) in [4.78, 5) is 11.6. The highest BCUT2D eigenvalue weighted by Crippen LogP contribution is 2.04. The Labute approximate surface area is 102 Å². The maximum atomic E-state index is 11.6. The van der Waals surface area contributed by atoms with Gasteiger partial charge in [0.2, 0.25) is 5.91 Å². The van der Waals surface area contributed by atoms with Gasteiger partial charge in [0.15, 0.2) is 0 Å². The number of anilines is 1. The number of carbonyl (C=O) groups is 1. The predicted octanol–water partition coefficient (Wildman–Crippen LogP) is 1.64. The lowest BCUT2D eigenvalue weighted by atomic mass is 10.2. The fraction of sp³-hybridized carbons (Fsp3) is 0.462. The molecule has 1 aromatic carbocycles. The van der Waals surface area contributed by atoms with E-state index in [0.29, 0.717) is 13.2 Å². The molecule has 17 heavy (non-hydrogen) atoms. The summed E-state index contributed by atoms with van der Waals surface area (Å²) in [6, 6.07) is 9.65. The lowest BCUT2D eigenvalue weighted by molar-refractivity contribution is -0.115. The number of benzene rings is 1. The molecule has 0 aliphatic carbocycles. The van der Waals surface area contributed by atoms with Crippen LogP contribution in [0.3, 0.4) is 0 Å². The number of amides is 1. The standard InChI is InChI=1S/C13H20N2O2/c1-3-11(10-17-2)14-9-13(16)15-12-7-5-4-6-8-12/h4-8,11,14H,3,9-10H2,1-2H3,(H,15,16). The van der Waals surface area contributed by atoms with Crippen LogP contribution in [-0.2, 0) is 9.53 Å². The SMILES string of the molecule is CCC(COC)NCC(=O)Nc1ccccc1. The molecule has 1 rings (SSSR count). The summed E-state index contributed by atoms with van der Waals surface area (Å²) < 4.78 is 5.05. The Kier molecular flexibility index (Phi) is 6.29. The van der Waals surface area contributed by atoms with E-state index < -0.39 is 0 Å². The van der Waals surface area contributed by atoms with Gasteiger partial charge in [-0.05, 0) is 18.6 Å². The largest absolute Gasteiger partial charge is 0.383 e. The molecule has 1 aromatic rings. The topological polar surface area (TPSA) is 50.4 Å². The third kappa shape index (κ3) is 5.47. The summed E-state index contributed by atoms with van der Waals surface area (Å²) in [7, 11) is 1.66. The van der Waals surface area contributed by atoms with Gasteiger partial charge < -0.3 is 15.4 Å². The highest BCUT2D eigenvalue weighted by Gasteiger charge is 2.07. The number of nitrogens with one attached hydrogen (secondary N) is 2. The summed E-state index contributed by atoms with van der Waals surface area (Å²) in [6.07, 6.45) is 0.937. The molecule has 0 aromatic heterocycles. The Morgan fingerprint density at radius 3 is 2.65 bits per heavy atom. The molecule has 4 nitrogen and oxygen atoms in total. The lowest BCUT2D eigenvalue weighted by Crippen LogP contribution is -2.38. The van der Waals surface area contributed by atoms with E-state index in [2.05, 4.69) is 17.6 Å². The van der Waals surface area contributed by atoms with Gasteiger partial charge in [-0.2, -0.15) is 0 Å². The van der Waals surface area contributed by atoms with Crippen LogP contribution in [0.2, 0.25) is 0 Å². The Bertz CT molecular complexity index is 327. The summed E-state index contributed by atoms with van der Waals surface area (Å²) >= 11 is 0. The molecule has 1 amide bonds. The van der Waals surface area contributed by atoms with Crippen LogP contribution in [0.25, 0.3) is 0 Å². The molecule has 0 fully saturated rings. The van der Waals surface area contributed by atoms with Gasteiger partial charge in [-0.1, -0.05) is 25.1 Å². The molecular weight excluding hydrogens is 216 g/mol. The van der Waals surface area contributed by atoms with Gasteiger partial charge in [0.05, 0.1) is 13.2 Å². The molecule has 94 valence electrons. The van der Waals surface area contributed by atoms with Crippen LogP contribution in [-0.4, -0.2) is 32.2 Å². The minimum Gasteiger partial charge on any atom is -0.383 e. The molecule has 1 atom stereocenters. The number of hydrogen-bond acceptors (Lipinski definition) is 3. The van der Waals surface area contributed by atoms with Crippen molar-refractivity contribution in [1.82, 2.24) is 5.32 Å². The van der Waals surface area contributed by atoms with E-state index in [1.165, 1.54) is 0 Å². The maximum absolute atomic E-state index is 11.6. The number of ether oxygens (including phenoxy) is 1. The monoisotopic (exact) mass is 236 g/mol. The van der Waals surface area contributed by atoms with Crippen molar-refractivity contribution in [2.24, 2.45) is 0 Å². The van der Waals surface area contributed by atoms with E-state index >= 15 is 0 Å². The zero-order valence-corrected chi connectivity index (χ0v) is 10.4. The van der Waals surface area contributed by atoms with Gasteiger partial charge in [0, 0.05) is 18.8 Å². The zero-order chi connectivity index (χ0) is 12.5. The van der Waals surface area contributed by atoms with Crippen molar-refractivity contribution in [3.05, 3.63) is 30.3 Å². The Morgan fingerprint density at radius 2 is 2.06 bits per heavy atom. The molecule has 0 aliphatic heterocycles. The van der Waals surface area contributed by atoms with Crippen LogP contribution in [0.5, 0.6) is 0 Å². The Hall–Kier alpha value is -1.39. The second-order valence-electron chi connectivity index (χ2n) is 3.86. The average molecular weight is 236 g/mol. The van der Waals surface area contributed by atoms with Gasteiger partial charge in [-0.15, -0.1) is 0 Å². The first-order valence-electron chi connectivity index (χ1n) is 5.83. The minimum absolute atomic E-state index is 0.0363. The van der Waals surface area contributed by atoms with Crippen molar-refractivity contribution in [1.29, 1.82) is 0 Å². The Balaban J connectivity index is 2.30. The van der Waals surface area contributed by atoms with E-state index in [1.807, 2.05) is 30.3 Å². The van der Waals surface area contributed by atoms with Crippen LogP contribution in [0.1, 0.15) is 13.3 Å². The van der Waals surface area contributed by atoms with Crippen molar-refractivity contribution in [2.45, 2.75) is 19.4 Å². The van der Waals surface area contributed by atoms with Crippen molar-refractivity contribution >= 4 is 11.6 Å². The normalized spacial score (nSPS) is 12.1. The summed E-state index contributed by atoms with van der Waals surface area (Å²) in [5, 5.41) is 5.97. The smallest absolute Gasteiger partial charge is 0.238 e. The molecule has 4 heteroatoms. The molecule has 0 aliphatic rings. The summed E-state index contributed by atoms with van der Waals surface area (Å²) in [5.41, 5.74) is 0.819. The van der Waals surface area contributed by atoms with Gasteiger partial charge >= 0.3 is 0 Å². The molecule has 2 N–H and O–H groups in total. The van der Waals surface area contributed by atoms with Crippen LogP contribution in [0.15, 0.2) is 30.3 Å². The molecule has 0 bridgehead atoms. The van der Waals surface area contributed by atoms with E-state index in [4.69, 9.17) is 4.74 Å².